The molecule has 1 fully saturated rings. The lowest BCUT2D eigenvalue weighted by molar-refractivity contribution is -0.898. The molecule has 1 aromatic heterocycles. The van der Waals surface area contributed by atoms with E-state index in [9.17, 15) is 14.7 Å². The Hall–Kier alpha value is -1.75. The third-order valence-electron chi connectivity index (χ3n) is 3.98. The summed E-state index contributed by atoms with van der Waals surface area (Å²) in [6, 6.07) is 2.99. The lowest BCUT2D eigenvalue weighted by atomic mass is 10.0. The van der Waals surface area contributed by atoms with Crippen LogP contribution in [-0.4, -0.2) is 30.3 Å². The topological polar surface area (TPSA) is 74.5 Å². The zero-order valence-electron chi connectivity index (χ0n) is 13.9. The predicted molar refractivity (Wildman–Crippen MR) is 82.4 cm³/mol. The van der Waals surface area contributed by atoms with Gasteiger partial charge in [-0.05, 0) is 38.8 Å². The Morgan fingerprint density at radius 2 is 2.05 bits per heavy atom. The largest absolute Gasteiger partial charge is 0.550 e. The van der Waals surface area contributed by atoms with Crippen LogP contribution >= 0.6 is 0 Å². The molecule has 1 N–H and O–H groups in total. The maximum absolute atomic E-state index is 10.1. The molecule has 0 saturated carbocycles. The summed E-state index contributed by atoms with van der Waals surface area (Å²) in [5.41, 5.74) is 3.95. The van der Waals surface area contributed by atoms with Gasteiger partial charge >= 0.3 is 0 Å². The fraction of sp³-hybridized carbons (Fsp3) is 0.588. The number of aliphatic carboxylic acids is 1. The number of quaternary nitrogens is 1. The van der Waals surface area contributed by atoms with Crippen molar-refractivity contribution in [2.45, 2.75) is 52.5 Å². The Kier molecular flexibility index (Phi) is 7.18. The lowest BCUT2D eigenvalue weighted by Crippen LogP contribution is -3.07. The van der Waals surface area contributed by atoms with Gasteiger partial charge in [-0.15, -0.1) is 0 Å². The summed E-state index contributed by atoms with van der Waals surface area (Å²) in [7, 11) is 2.29. The molecule has 5 nitrogen and oxygen atoms in total. The Balaban J connectivity index is 0.000000261. The number of nitrogens with one attached hydrogen (secondary N) is 1. The predicted octanol–water partition coefficient (Wildman–Crippen LogP) is 0.154. The molecule has 2 heterocycles. The van der Waals surface area contributed by atoms with Crippen molar-refractivity contribution in [1.82, 2.24) is 4.98 Å². The Morgan fingerprint density at radius 1 is 1.36 bits per heavy atom. The van der Waals surface area contributed by atoms with Gasteiger partial charge < -0.3 is 19.6 Å². The van der Waals surface area contributed by atoms with Crippen LogP contribution in [0.5, 0.6) is 0 Å². The van der Waals surface area contributed by atoms with Gasteiger partial charge in [0.15, 0.2) is 0 Å². The highest BCUT2D eigenvalue weighted by molar-refractivity contribution is 5.79. The summed E-state index contributed by atoms with van der Waals surface area (Å²) >= 11 is 0. The zero-order chi connectivity index (χ0) is 16.7. The van der Waals surface area contributed by atoms with Crippen LogP contribution in [-0.2, 0) is 9.59 Å². The molecule has 0 aliphatic carbocycles. The van der Waals surface area contributed by atoms with Crippen molar-refractivity contribution in [2.24, 2.45) is 0 Å². The number of carbonyl (C=O) groups is 2. The molecule has 1 saturated heterocycles. The normalized spacial score (nSPS) is 20.2. The van der Waals surface area contributed by atoms with Crippen LogP contribution < -0.4 is 10.0 Å². The van der Waals surface area contributed by atoms with Crippen LogP contribution in [0, 0.1) is 13.8 Å². The molecular formula is C17H26N2O3. The van der Waals surface area contributed by atoms with Gasteiger partial charge in [-0.1, -0.05) is 0 Å². The van der Waals surface area contributed by atoms with Gasteiger partial charge in [-0.3, -0.25) is 4.98 Å². The molecule has 0 radical (unpaired) electrons. The number of carboxylic acids is 1. The maximum atomic E-state index is 10.1. The molecule has 2 rings (SSSR count). The second kappa shape index (κ2) is 8.63. The van der Waals surface area contributed by atoms with Crippen LogP contribution in [0.4, 0.5) is 0 Å². The van der Waals surface area contributed by atoms with Gasteiger partial charge in [-0.25, -0.2) is 0 Å². The van der Waals surface area contributed by atoms with E-state index in [1.54, 1.807) is 4.90 Å². The van der Waals surface area contributed by atoms with Crippen molar-refractivity contribution < 1.29 is 19.6 Å². The van der Waals surface area contributed by atoms with Crippen LogP contribution in [0.25, 0.3) is 0 Å². The first-order chi connectivity index (χ1) is 10.3. The number of rotatable bonds is 4. The number of aromatic nitrogens is 1. The molecule has 122 valence electrons. The van der Waals surface area contributed by atoms with Crippen molar-refractivity contribution in [3.63, 3.8) is 0 Å². The summed E-state index contributed by atoms with van der Waals surface area (Å²) < 4.78 is 0. The highest BCUT2D eigenvalue weighted by Gasteiger charge is 2.28. The van der Waals surface area contributed by atoms with Crippen molar-refractivity contribution in [3.05, 3.63) is 29.1 Å². The second-order valence-corrected chi connectivity index (χ2v) is 6.05. The lowest BCUT2D eigenvalue weighted by Gasteiger charge is -2.18. The number of Topliss-reactive ketones (excluding diaryl/α,β-unsaturated/α-hetero) is 1. The van der Waals surface area contributed by atoms with Crippen molar-refractivity contribution in [1.29, 1.82) is 0 Å². The number of carboxylic acid groups (broad SMARTS) is 1. The van der Waals surface area contributed by atoms with Crippen molar-refractivity contribution in [3.8, 4) is 0 Å². The monoisotopic (exact) mass is 306 g/mol. The minimum atomic E-state index is -1.17. The molecule has 0 aromatic carbocycles. The molecule has 2 atom stereocenters. The fourth-order valence-electron chi connectivity index (χ4n) is 2.72. The minimum Gasteiger partial charge on any atom is -0.550 e. The van der Waals surface area contributed by atoms with E-state index in [4.69, 9.17) is 0 Å². The maximum Gasteiger partial charge on any atom is 0.130 e. The number of likely N-dealkylation sites (tertiary alicyclic amines) is 1. The van der Waals surface area contributed by atoms with E-state index in [-0.39, 0.29) is 18.6 Å². The van der Waals surface area contributed by atoms with E-state index in [1.165, 1.54) is 43.1 Å². The number of hydrogen-bond acceptors (Lipinski definition) is 4. The van der Waals surface area contributed by atoms with Gasteiger partial charge in [0.05, 0.1) is 13.6 Å². The Morgan fingerprint density at radius 3 is 2.50 bits per heavy atom. The van der Waals surface area contributed by atoms with Crippen molar-refractivity contribution in [2.75, 3.05) is 13.6 Å². The van der Waals surface area contributed by atoms with E-state index in [0.29, 0.717) is 6.04 Å². The first-order valence-electron chi connectivity index (χ1n) is 7.76. The van der Waals surface area contributed by atoms with Gasteiger partial charge in [0.2, 0.25) is 0 Å². The number of ketones is 1. The van der Waals surface area contributed by atoms with E-state index in [0.717, 1.165) is 0 Å². The number of pyridine rings is 1. The first kappa shape index (κ1) is 18.3. The van der Waals surface area contributed by atoms with Crippen LogP contribution in [0.1, 0.15) is 55.5 Å². The number of aryl methyl sites for hydroxylation is 2. The first-order valence-corrected chi connectivity index (χ1v) is 7.76. The van der Waals surface area contributed by atoms with Crippen molar-refractivity contribution >= 4 is 11.8 Å². The van der Waals surface area contributed by atoms with Gasteiger partial charge in [0.1, 0.15) is 11.8 Å². The molecule has 22 heavy (non-hydrogen) atoms. The summed E-state index contributed by atoms with van der Waals surface area (Å²) in [6.45, 7) is 6.90. The Labute approximate surface area is 132 Å². The molecule has 1 aliphatic rings. The quantitative estimate of drug-likeness (QED) is 0.859. The molecule has 0 bridgehead atoms. The summed E-state index contributed by atoms with van der Waals surface area (Å²) in [5.74, 6) is -1.28. The molecule has 5 heteroatoms. The SMILES string of the molecule is CC(=O)CCC(=O)[O-].Cc1cnc(C)c([C@@H]2CCC[NH+]2C)c1. The smallest absolute Gasteiger partial charge is 0.130 e. The van der Waals surface area contributed by atoms with Crippen LogP contribution in [0.15, 0.2) is 12.3 Å². The summed E-state index contributed by atoms with van der Waals surface area (Å²) in [4.78, 5) is 25.8. The van der Waals surface area contributed by atoms with Crippen LogP contribution in [0.3, 0.4) is 0 Å². The summed E-state index contributed by atoms with van der Waals surface area (Å²) in [5, 5.41) is 9.64. The second-order valence-electron chi connectivity index (χ2n) is 6.05. The van der Waals surface area contributed by atoms with E-state index in [2.05, 4.69) is 31.9 Å². The molecule has 1 aromatic rings. The minimum absolute atomic E-state index is 0.0856. The van der Waals surface area contributed by atoms with Crippen LogP contribution in [0.2, 0.25) is 0 Å². The molecule has 1 unspecified atom stereocenters. The van der Waals surface area contributed by atoms with Gasteiger partial charge in [0.25, 0.3) is 0 Å². The zero-order valence-corrected chi connectivity index (χ0v) is 13.9. The van der Waals surface area contributed by atoms with E-state index in [1.807, 2.05) is 6.20 Å². The van der Waals surface area contributed by atoms with Gasteiger partial charge in [-0.2, -0.15) is 0 Å². The highest BCUT2D eigenvalue weighted by Crippen LogP contribution is 2.21. The Bertz CT molecular complexity index is 515. The number of nitrogens with zero attached hydrogens (tertiary/aromatic N) is 1. The third kappa shape index (κ3) is 5.93. The average molecular weight is 306 g/mol. The summed E-state index contributed by atoms with van der Waals surface area (Å²) in [6.07, 6.45) is 4.56. The molecule has 0 amide bonds. The fourth-order valence-corrected chi connectivity index (χ4v) is 2.72. The number of hydrogen-bond donors (Lipinski definition) is 1. The molecular weight excluding hydrogens is 280 g/mol. The number of carbonyl (C=O) groups excluding carboxylic acids is 2. The van der Waals surface area contributed by atoms with E-state index < -0.39 is 5.97 Å². The van der Waals surface area contributed by atoms with Gasteiger partial charge in [0, 0.05) is 42.7 Å². The molecule has 0 spiro atoms. The highest BCUT2D eigenvalue weighted by atomic mass is 16.4. The van der Waals surface area contributed by atoms with E-state index >= 15 is 0 Å². The molecule has 1 aliphatic heterocycles. The standard InChI is InChI=1S/C12H18N2.C5H8O3/c1-9-7-11(10(2)13-8-9)12-5-4-6-14(12)3;1-4(6)2-3-5(7)8/h7-8,12H,4-6H2,1-3H3;2-3H2,1H3,(H,7,8)/t12-;/m0./s1. The average Bonchev–Trinajstić information content (AvgIpc) is 2.86. The third-order valence-corrected chi connectivity index (χ3v) is 3.98.